The summed E-state index contributed by atoms with van der Waals surface area (Å²) in [7, 11) is -2.05. The molecule has 0 aliphatic heterocycles. The van der Waals surface area contributed by atoms with Gasteiger partial charge in [-0.25, -0.2) is 4.79 Å². The number of furan rings is 1. The summed E-state index contributed by atoms with van der Waals surface area (Å²) in [6.07, 6.45) is 0.685. The van der Waals surface area contributed by atoms with Crippen LogP contribution in [0.2, 0.25) is 0 Å². The Morgan fingerprint density at radius 2 is 1.20 bits per heavy atom. The molecule has 4 aromatic rings. The number of carbonyl (C=O) groups is 1. The van der Waals surface area contributed by atoms with E-state index in [1.54, 1.807) is 13.0 Å². The van der Waals surface area contributed by atoms with Crippen molar-refractivity contribution in [2.45, 2.75) is 13.1 Å². The second kappa shape index (κ2) is 9.11. The lowest BCUT2D eigenvalue weighted by Crippen LogP contribution is -2.32. The third-order valence-electron chi connectivity index (χ3n) is 5.12. The minimum atomic E-state index is -2.05. The van der Waals surface area contributed by atoms with Crippen molar-refractivity contribution in [3.05, 3.63) is 115 Å². The average Bonchev–Trinajstić information content (AvgIpc) is 3.28. The first-order valence-corrected chi connectivity index (χ1v) is 12.0. The maximum atomic E-state index is 12.1. The molecule has 0 unspecified atom stereocenters. The Labute approximate surface area is 177 Å². The van der Waals surface area contributed by atoms with Crippen LogP contribution in [0.25, 0.3) is 0 Å². The molecule has 0 fully saturated rings. The molecule has 4 rings (SSSR count). The highest BCUT2D eigenvalue weighted by atomic mass is 31.2. The summed E-state index contributed by atoms with van der Waals surface area (Å²) in [4.78, 5) is 12.1. The summed E-state index contributed by atoms with van der Waals surface area (Å²) in [5.74, 6) is 0.605. The van der Waals surface area contributed by atoms with Crippen LogP contribution in [-0.2, 0) is 10.9 Å². The molecule has 150 valence electrons. The highest BCUT2D eigenvalue weighted by Crippen LogP contribution is 2.58. The Morgan fingerprint density at radius 1 is 0.733 bits per heavy atom. The summed E-state index contributed by atoms with van der Waals surface area (Å²) in [6.45, 7) is 2.11. The number of rotatable bonds is 7. The van der Waals surface area contributed by atoms with Crippen molar-refractivity contribution in [2.24, 2.45) is 0 Å². The Bertz CT molecular complexity index is 992. The van der Waals surface area contributed by atoms with E-state index in [4.69, 9.17) is 9.15 Å². The molecule has 0 saturated carbocycles. The van der Waals surface area contributed by atoms with Crippen LogP contribution in [0.3, 0.4) is 0 Å². The molecule has 0 spiro atoms. The van der Waals surface area contributed by atoms with E-state index in [1.165, 1.54) is 15.9 Å². The van der Waals surface area contributed by atoms with E-state index in [9.17, 15) is 4.79 Å². The molecule has 0 N–H and O–H groups in total. The SMILES string of the molecule is CCOC(=O)c1ccc(C[P+](c2ccccc2)(c2ccccc2)c2ccccc2)o1. The zero-order valence-corrected chi connectivity index (χ0v) is 17.8. The first-order valence-electron chi connectivity index (χ1n) is 10.0. The highest BCUT2D eigenvalue weighted by molar-refractivity contribution is 7.95. The van der Waals surface area contributed by atoms with Gasteiger partial charge in [-0.15, -0.1) is 0 Å². The molecular weight excluding hydrogens is 391 g/mol. The predicted octanol–water partition coefficient (Wildman–Crippen LogP) is 4.95. The molecule has 0 radical (unpaired) electrons. The fourth-order valence-electron chi connectivity index (χ4n) is 3.78. The second-order valence-corrected chi connectivity index (χ2v) is 10.4. The number of hydrogen-bond donors (Lipinski definition) is 0. The zero-order chi connectivity index (χ0) is 20.8. The minimum Gasteiger partial charge on any atom is -0.460 e. The van der Waals surface area contributed by atoms with Gasteiger partial charge in [-0.2, -0.15) is 0 Å². The van der Waals surface area contributed by atoms with Gasteiger partial charge < -0.3 is 9.15 Å². The van der Waals surface area contributed by atoms with Crippen molar-refractivity contribution in [3.63, 3.8) is 0 Å². The Morgan fingerprint density at radius 3 is 1.63 bits per heavy atom. The van der Waals surface area contributed by atoms with E-state index >= 15 is 0 Å². The van der Waals surface area contributed by atoms with Gasteiger partial charge in [0.1, 0.15) is 35.1 Å². The van der Waals surface area contributed by atoms with Gasteiger partial charge in [0.2, 0.25) is 5.76 Å². The second-order valence-electron chi connectivity index (χ2n) is 6.96. The number of carbonyl (C=O) groups excluding carboxylic acids is 1. The summed E-state index contributed by atoms with van der Waals surface area (Å²) in [6, 6.07) is 35.4. The van der Waals surface area contributed by atoms with Crippen molar-refractivity contribution < 1.29 is 13.9 Å². The molecule has 1 heterocycles. The van der Waals surface area contributed by atoms with E-state index < -0.39 is 13.2 Å². The summed E-state index contributed by atoms with van der Waals surface area (Å²) < 4.78 is 11.1. The molecule has 4 heteroatoms. The molecule has 3 nitrogen and oxygen atoms in total. The van der Waals surface area contributed by atoms with Crippen LogP contribution in [0.1, 0.15) is 23.2 Å². The standard InChI is InChI=1S/C26H24O3P/c1-2-28-26(27)25-19-18-21(29-25)20-30(22-12-6-3-7-13-22,23-14-8-4-9-15-23)24-16-10-5-11-17-24/h3-19H,2,20H2,1H3/q+1. The summed E-state index contributed by atoms with van der Waals surface area (Å²) in [5.41, 5.74) is 0. The molecule has 3 aromatic carbocycles. The number of esters is 1. The van der Waals surface area contributed by atoms with Crippen LogP contribution in [0.15, 0.2) is 108 Å². The van der Waals surface area contributed by atoms with Gasteiger partial charge in [-0.1, -0.05) is 54.6 Å². The Balaban J connectivity index is 1.88. The average molecular weight is 415 g/mol. The highest BCUT2D eigenvalue weighted by Gasteiger charge is 2.46. The van der Waals surface area contributed by atoms with E-state index in [2.05, 4.69) is 72.8 Å². The number of hydrogen-bond acceptors (Lipinski definition) is 3. The monoisotopic (exact) mass is 415 g/mol. The number of benzene rings is 3. The molecule has 0 atom stereocenters. The maximum absolute atomic E-state index is 12.1. The molecule has 0 amide bonds. The quantitative estimate of drug-likeness (QED) is 0.317. The third kappa shape index (κ3) is 3.94. The van der Waals surface area contributed by atoms with Crippen molar-refractivity contribution in [1.82, 2.24) is 0 Å². The molecular formula is C26H24O3P+. The van der Waals surface area contributed by atoms with Crippen LogP contribution in [0.5, 0.6) is 0 Å². The third-order valence-corrected chi connectivity index (χ3v) is 9.45. The molecule has 0 bridgehead atoms. The van der Waals surface area contributed by atoms with Crippen LogP contribution in [-0.4, -0.2) is 12.6 Å². The van der Waals surface area contributed by atoms with Crippen molar-refractivity contribution >= 4 is 29.1 Å². The predicted molar refractivity (Wildman–Crippen MR) is 124 cm³/mol. The fraction of sp³-hybridized carbons (Fsp3) is 0.115. The molecule has 0 aliphatic rings. The molecule has 30 heavy (non-hydrogen) atoms. The molecule has 1 aromatic heterocycles. The van der Waals surface area contributed by atoms with Gasteiger partial charge in [0, 0.05) is 0 Å². The molecule has 0 saturated heterocycles. The lowest BCUT2D eigenvalue weighted by molar-refractivity contribution is 0.0488. The summed E-state index contributed by atoms with van der Waals surface area (Å²) in [5, 5.41) is 3.82. The van der Waals surface area contributed by atoms with E-state index in [0.29, 0.717) is 12.8 Å². The Hall–Kier alpha value is -3.16. The smallest absolute Gasteiger partial charge is 0.374 e. The van der Waals surface area contributed by atoms with Crippen molar-refractivity contribution in [1.29, 1.82) is 0 Å². The van der Waals surface area contributed by atoms with Crippen molar-refractivity contribution in [3.8, 4) is 0 Å². The van der Waals surface area contributed by atoms with Crippen LogP contribution in [0, 0.1) is 0 Å². The van der Waals surface area contributed by atoms with Crippen LogP contribution in [0.4, 0.5) is 0 Å². The largest absolute Gasteiger partial charge is 0.460 e. The van der Waals surface area contributed by atoms with E-state index in [0.717, 1.165) is 5.76 Å². The first-order chi connectivity index (χ1) is 14.7. The van der Waals surface area contributed by atoms with E-state index in [1.807, 2.05) is 24.3 Å². The Kier molecular flexibility index (Phi) is 6.11. The van der Waals surface area contributed by atoms with Gasteiger partial charge >= 0.3 is 5.97 Å². The molecule has 0 aliphatic carbocycles. The van der Waals surface area contributed by atoms with Gasteiger partial charge in [0.25, 0.3) is 0 Å². The van der Waals surface area contributed by atoms with Crippen molar-refractivity contribution in [2.75, 3.05) is 6.61 Å². The van der Waals surface area contributed by atoms with Gasteiger partial charge in [-0.3, -0.25) is 0 Å². The number of ether oxygens (including phenoxy) is 1. The summed E-state index contributed by atoms with van der Waals surface area (Å²) >= 11 is 0. The maximum Gasteiger partial charge on any atom is 0.374 e. The van der Waals surface area contributed by atoms with E-state index in [-0.39, 0.29) is 5.76 Å². The topological polar surface area (TPSA) is 39.4 Å². The lowest BCUT2D eigenvalue weighted by Gasteiger charge is -2.26. The fourth-order valence-corrected chi connectivity index (χ4v) is 7.90. The normalized spacial score (nSPS) is 11.2. The zero-order valence-electron chi connectivity index (χ0n) is 16.9. The lowest BCUT2D eigenvalue weighted by atomic mass is 10.4. The van der Waals surface area contributed by atoms with Gasteiger partial charge in [0.15, 0.2) is 0 Å². The first kappa shape index (κ1) is 20.1. The van der Waals surface area contributed by atoms with Gasteiger partial charge in [0.05, 0.1) is 6.61 Å². The van der Waals surface area contributed by atoms with Gasteiger partial charge in [-0.05, 0) is 55.5 Å². The van der Waals surface area contributed by atoms with Crippen LogP contribution < -0.4 is 15.9 Å². The minimum absolute atomic E-state index is 0.249. The van der Waals surface area contributed by atoms with Crippen LogP contribution >= 0.6 is 7.26 Å².